The summed E-state index contributed by atoms with van der Waals surface area (Å²) in [7, 11) is 0. The molecular weight excluding hydrogens is 545 g/mol. The second kappa shape index (κ2) is 9.50. The van der Waals surface area contributed by atoms with Gasteiger partial charge in [0.1, 0.15) is 19.0 Å². The number of carbonyl (C=O) groups is 2. The largest absolute Gasteiger partial charge is 0.507 e. The molecule has 0 spiro atoms. The Hall–Kier alpha value is -3.33. The number of fused-ring (bicyclic) bond motifs is 1. The summed E-state index contributed by atoms with van der Waals surface area (Å²) in [5.41, 5.74) is 2.32. The topological polar surface area (TPSA) is 76.1 Å². The molecule has 172 valence electrons. The number of hydrogen-bond acceptors (Lipinski definition) is 5. The minimum atomic E-state index is -0.691. The van der Waals surface area contributed by atoms with Crippen molar-refractivity contribution in [2.75, 3.05) is 19.8 Å². The second-order valence-corrected chi connectivity index (χ2v) is 9.38. The number of amides is 1. The fourth-order valence-electron chi connectivity index (χ4n) is 4.34. The fraction of sp³-hybridized carbons (Fsp3) is 0.185. The van der Waals surface area contributed by atoms with Gasteiger partial charge in [-0.3, -0.25) is 9.59 Å². The summed E-state index contributed by atoms with van der Waals surface area (Å²) in [4.78, 5) is 27.9. The Labute approximate surface area is 210 Å². The van der Waals surface area contributed by atoms with E-state index in [-0.39, 0.29) is 11.3 Å². The van der Waals surface area contributed by atoms with Gasteiger partial charge in [0.25, 0.3) is 11.7 Å². The summed E-state index contributed by atoms with van der Waals surface area (Å²) >= 11 is 2.21. The predicted octanol–water partition coefficient (Wildman–Crippen LogP) is 4.73. The highest BCUT2D eigenvalue weighted by atomic mass is 127. The van der Waals surface area contributed by atoms with Crippen LogP contribution in [0.25, 0.3) is 5.76 Å². The molecule has 3 aromatic rings. The summed E-state index contributed by atoms with van der Waals surface area (Å²) in [5.74, 6) is -0.441. The van der Waals surface area contributed by atoms with E-state index in [9.17, 15) is 14.7 Å². The summed E-state index contributed by atoms with van der Waals surface area (Å²) < 4.78 is 12.2. The third kappa shape index (κ3) is 4.27. The highest BCUT2D eigenvalue weighted by Crippen LogP contribution is 2.41. The molecule has 5 rings (SSSR count). The van der Waals surface area contributed by atoms with Gasteiger partial charge < -0.3 is 19.5 Å². The first-order valence-corrected chi connectivity index (χ1v) is 12.1. The van der Waals surface area contributed by atoms with Crippen LogP contribution in [-0.4, -0.2) is 41.5 Å². The lowest BCUT2D eigenvalue weighted by atomic mass is 9.95. The number of carbonyl (C=O) groups excluding carboxylic acids is 2. The van der Waals surface area contributed by atoms with Crippen molar-refractivity contribution in [2.45, 2.75) is 12.5 Å². The van der Waals surface area contributed by atoms with Gasteiger partial charge in [-0.1, -0.05) is 42.5 Å². The van der Waals surface area contributed by atoms with Crippen molar-refractivity contribution in [1.29, 1.82) is 0 Å². The molecule has 0 saturated carbocycles. The van der Waals surface area contributed by atoms with E-state index in [1.807, 2.05) is 54.6 Å². The maximum Gasteiger partial charge on any atom is 0.295 e. The quantitative estimate of drug-likeness (QED) is 0.209. The molecule has 1 atom stereocenters. The van der Waals surface area contributed by atoms with E-state index >= 15 is 0 Å². The SMILES string of the molecule is O=C1C(=O)N(CCc2ccccc2)C(c2ccc(I)cc2)C1=C(O)c1ccc2c(c1)OCCO2. The molecule has 1 N–H and O–H groups in total. The van der Waals surface area contributed by atoms with Crippen LogP contribution < -0.4 is 9.47 Å². The number of Topliss-reactive ketones (excluding diaryl/α,β-unsaturated/α-hetero) is 1. The van der Waals surface area contributed by atoms with Gasteiger partial charge in [0.15, 0.2) is 11.5 Å². The Morgan fingerprint density at radius 2 is 1.65 bits per heavy atom. The van der Waals surface area contributed by atoms with Gasteiger partial charge in [-0.25, -0.2) is 0 Å². The zero-order valence-electron chi connectivity index (χ0n) is 18.2. The first-order chi connectivity index (χ1) is 16.5. The van der Waals surface area contributed by atoms with E-state index in [0.717, 1.165) is 14.7 Å². The molecule has 1 saturated heterocycles. The van der Waals surface area contributed by atoms with Crippen molar-refractivity contribution in [2.24, 2.45) is 0 Å². The number of benzene rings is 3. The Bertz CT molecular complexity index is 1270. The zero-order valence-corrected chi connectivity index (χ0v) is 20.4. The molecule has 1 fully saturated rings. The lowest BCUT2D eigenvalue weighted by Crippen LogP contribution is -2.31. The average molecular weight is 567 g/mol. The van der Waals surface area contributed by atoms with Gasteiger partial charge in [-0.2, -0.15) is 0 Å². The van der Waals surface area contributed by atoms with E-state index in [1.165, 1.54) is 0 Å². The van der Waals surface area contributed by atoms with E-state index < -0.39 is 17.7 Å². The van der Waals surface area contributed by atoms with Crippen LogP contribution in [0, 0.1) is 3.57 Å². The highest BCUT2D eigenvalue weighted by molar-refractivity contribution is 14.1. The van der Waals surface area contributed by atoms with Crippen molar-refractivity contribution >= 4 is 40.0 Å². The summed E-state index contributed by atoms with van der Waals surface area (Å²) in [6.07, 6.45) is 0.596. The normalized spacial score (nSPS) is 18.9. The second-order valence-electron chi connectivity index (χ2n) is 8.14. The molecule has 0 aliphatic carbocycles. The van der Waals surface area contributed by atoms with Crippen molar-refractivity contribution in [3.8, 4) is 11.5 Å². The maximum absolute atomic E-state index is 13.2. The minimum absolute atomic E-state index is 0.0796. The lowest BCUT2D eigenvalue weighted by molar-refractivity contribution is -0.139. The van der Waals surface area contributed by atoms with Gasteiger partial charge in [-0.15, -0.1) is 0 Å². The molecule has 2 aliphatic rings. The molecule has 1 unspecified atom stereocenters. The van der Waals surface area contributed by atoms with Crippen LogP contribution >= 0.6 is 22.6 Å². The maximum atomic E-state index is 13.2. The highest BCUT2D eigenvalue weighted by Gasteiger charge is 2.45. The van der Waals surface area contributed by atoms with E-state index in [4.69, 9.17) is 9.47 Å². The molecular formula is C27H22INO5. The van der Waals surface area contributed by atoms with Crippen LogP contribution in [0.5, 0.6) is 11.5 Å². The Morgan fingerprint density at radius 1 is 0.941 bits per heavy atom. The molecule has 2 aliphatic heterocycles. The van der Waals surface area contributed by atoms with Crippen LogP contribution in [-0.2, 0) is 16.0 Å². The summed E-state index contributed by atoms with van der Waals surface area (Å²) in [6, 6.07) is 21.8. The standard InChI is InChI=1S/C27H22INO5/c28-20-9-6-18(7-10-20)24-23(25(30)19-8-11-21-22(16-19)34-15-14-33-21)26(31)27(32)29(24)13-12-17-4-2-1-3-5-17/h1-11,16,24,30H,12-15H2. The third-order valence-corrected chi connectivity index (χ3v) is 6.74. The number of rotatable bonds is 5. The number of hydrogen-bond donors (Lipinski definition) is 1. The van der Waals surface area contributed by atoms with Crippen molar-refractivity contribution in [1.82, 2.24) is 4.90 Å². The number of halogens is 1. The first kappa shape index (κ1) is 22.5. The smallest absolute Gasteiger partial charge is 0.295 e. The minimum Gasteiger partial charge on any atom is -0.507 e. The van der Waals surface area contributed by atoms with Gasteiger partial charge in [0.05, 0.1) is 11.6 Å². The van der Waals surface area contributed by atoms with Crippen molar-refractivity contribution < 1.29 is 24.2 Å². The Balaban J connectivity index is 1.57. The van der Waals surface area contributed by atoms with Crippen LogP contribution in [0.2, 0.25) is 0 Å². The van der Waals surface area contributed by atoms with Crippen LogP contribution in [0.15, 0.2) is 78.4 Å². The van der Waals surface area contributed by atoms with E-state index in [0.29, 0.717) is 43.2 Å². The third-order valence-electron chi connectivity index (χ3n) is 6.03. The van der Waals surface area contributed by atoms with Crippen molar-refractivity contribution in [3.05, 3.63) is 98.6 Å². The Kier molecular flexibility index (Phi) is 6.28. The molecule has 2 heterocycles. The van der Waals surface area contributed by atoms with E-state index in [1.54, 1.807) is 23.1 Å². The molecule has 0 bridgehead atoms. The first-order valence-electron chi connectivity index (χ1n) is 11.0. The zero-order chi connectivity index (χ0) is 23.7. The number of ether oxygens (including phenoxy) is 2. The molecule has 34 heavy (non-hydrogen) atoms. The summed E-state index contributed by atoms with van der Waals surface area (Å²) in [6.45, 7) is 1.21. The van der Waals surface area contributed by atoms with Crippen LogP contribution in [0.4, 0.5) is 0 Å². The molecule has 1 amide bonds. The molecule has 7 heteroatoms. The van der Waals surface area contributed by atoms with Crippen LogP contribution in [0.1, 0.15) is 22.7 Å². The molecule has 6 nitrogen and oxygen atoms in total. The molecule has 3 aromatic carbocycles. The number of aliphatic hydroxyl groups is 1. The number of nitrogens with zero attached hydrogens (tertiary/aromatic N) is 1. The van der Waals surface area contributed by atoms with Gasteiger partial charge >= 0.3 is 0 Å². The number of aliphatic hydroxyl groups excluding tert-OH is 1. The van der Waals surface area contributed by atoms with Gasteiger partial charge in [0, 0.05) is 15.7 Å². The Morgan fingerprint density at radius 3 is 2.38 bits per heavy atom. The average Bonchev–Trinajstić information content (AvgIpc) is 3.12. The summed E-state index contributed by atoms with van der Waals surface area (Å²) in [5, 5.41) is 11.3. The molecule has 0 radical (unpaired) electrons. The van der Waals surface area contributed by atoms with E-state index in [2.05, 4.69) is 22.6 Å². The predicted molar refractivity (Wildman–Crippen MR) is 136 cm³/mol. The number of ketones is 1. The van der Waals surface area contributed by atoms with Crippen LogP contribution in [0.3, 0.4) is 0 Å². The van der Waals surface area contributed by atoms with Gasteiger partial charge in [0.2, 0.25) is 0 Å². The molecule has 0 aromatic heterocycles. The van der Waals surface area contributed by atoms with Gasteiger partial charge in [-0.05, 0) is 70.5 Å². The fourth-order valence-corrected chi connectivity index (χ4v) is 4.70. The van der Waals surface area contributed by atoms with Crippen molar-refractivity contribution in [3.63, 3.8) is 0 Å². The lowest BCUT2D eigenvalue weighted by Gasteiger charge is -2.25. The number of likely N-dealkylation sites (tertiary alicyclic amines) is 1. The monoisotopic (exact) mass is 567 g/mol.